The van der Waals surface area contributed by atoms with E-state index in [-0.39, 0.29) is 5.41 Å². The molecule has 0 spiro atoms. The highest BCUT2D eigenvalue weighted by Crippen LogP contribution is 2.49. The summed E-state index contributed by atoms with van der Waals surface area (Å²) < 4.78 is 0. The van der Waals surface area contributed by atoms with Gasteiger partial charge in [-0.3, -0.25) is 9.97 Å². The van der Waals surface area contributed by atoms with Crippen LogP contribution in [0.5, 0.6) is 0 Å². The van der Waals surface area contributed by atoms with E-state index in [2.05, 4.69) is 150 Å². The van der Waals surface area contributed by atoms with Gasteiger partial charge in [-0.05, 0) is 99.5 Å². The van der Waals surface area contributed by atoms with Crippen molar-refractivity contribution >= 4 is 27.4 Å². The Labute approximate surface area is 353 Å². The van der Waals surface area contributed by atoms with Crippen molar-refractivity contribution < 1.29 is 0 Å². The first kappa shape index (κ1) is 43.5. The molecule has 0 atom stereocenters. The minimum atomic E-state index is -0.0288. The first-order chi connectivity index (χ1) is 29.1. The largest absolute Gasteiger partial charge is 0.355 e. The zero-order valence-electron chi connectivity index (χ0n) is 36.1. The second kappa shape index (κ2) is 21.8. The number of hydrogen-bond donors (Lipinski definition) is 1. The molecule has 0 amide bonds. The molecule has 10 rings (SSSR count). The van der Waals surface area contributed by atoms with E-state index in [0.717, 1.165) is 28.7 Å². The van der Waals surface area contributed by atoms with Crippen LogP contribution in [0.2, 0.25) is 0 Å². The fraction of sp³-hybridized carbons (Fsp3) is 0.179. The number of nitrogens with zero attached hydrogens (tertiary/aromatic N) is 2. The van der Waals surface area contributed by atoms with Crippen molar-refractivity contribution in [3.8, 4) is 33.4 Å². The number of rotatable bonds is 3. The summed E-state index contributed by atoms with van der Waals surface area (Å²) in [5.41, 5.74) is 14.9. The summed E-state index contributed by atoms with van der Waals surface area (Å²) in [7, 11) is 0. The van der Waals surface area contributed by atoms with E-state index >= 15 is 0 Å². The zero-order valence-corrected chi connectivity index (χ0v) is 36.1. The molecule has 0 unspecified atom stereocenters. The first-order valence-electron chi connectivity index (χ1n) is 21.2. The van der Waals surface area contributed by atoms with Gasteiger partial charge in [0, 0.05) is 63.1 Å². The molecule has 3 heterocycles. The first-order valence-corrected chi connectivity index (χ1v) is 21.2. The molecule has 3 nitrogen and oxygen atoms in total. The van der Waals surface area contributed by atoms with Crippen molar-refractivity contribution in [2.24, 2.45) is 0 Å². The molecule has 298 valence electrons. The number of aromatic nitrogens is 3. The number of pyridine rings is 2. The van der Waals surface area contributed by atoms with Crippen LogP contribution in [-0.2, 0) is 5.41 Å². The molecule has 2 aliphatic rings. The Balaban J connectivity index is 0.000000215. The Morgan fingerprint density at radius 3 is 1.42 bits per heavy atom. The summed E-state index contributed by atoms with van der Waals surface area (Å²) in [5.74, 6) is 0. The van der Waals surface area contributed by atoms with Crippen LogP contribution in [0.15, 0.2) is 200 Å². The Morgan fingerprint density at radius 1 is 0.458 bits per heavy atom. The fourth-order valence-corrected chi connectivity index (χ4v) is 7.41. The van der Waals surface area contributed by atoms with Gasteiger partial charge in [0.2, 0.25) is 0 Å². The van der Waals surface area contributed by atoms with Crippen molar-refractivity contribution in [2.45, 2.75) is 67.2 Å². The predicted molar refractivity (Wildman–Crippen MR) is 257 cm³/mol. The molecule has 0 aliphatic heterocycles. The lowest BCUT2D eigenvalue weighted by atomic mass is 9.80. The van der Waals surface area contributed by atoms with Gasteiger partial charge in [-0.25, -0.2) is 0 Å². The van der Waals surface area contributed by atoms with Gasteiger partial charge < -0.3 is 4.98 Å². The standard InChI is InChI=1S/C32H26N2.C12H9N.C6H6.3C2H6/c1-32(2)30-11-5-3-4-10-28(30)29-13-12-22(19-31(29)32)25-16-26(23-8-6-14-33-20-23)18-27(17-25)24-9-7-15-34-21-24;1-3-7-11-9(5-1)10-6-2-4-8-12(10)13-11;1-2-4-6-5-3-1;3*1-2/h4-21H,3H2,1-2H3;1-8,13H;1-6H;3*1-2H3. The molecule has 0 fully saturated rings. The number of para-hydroxylation sites is 2. The molecule has 5 aromatic carbocycles. The fourth-order valence-electron chi connectivity index (χ4n) is 7.41. The van der Waals surface area contributed by atoms with Gasteiger partial charge in [0.1, 0.15) is 0 Å². The lowest BCUT2D eigenvalue weighted by Gasteiger charge is -2.23. The van der Waals surface area contributed by atoms with Crippen LogP contribution in [-0.4, -0.2) is 15.0 Å². The van der Waals surface area contributed by atoms with E-state index < -0.39 is 0 Å². The summed E-state index contributed by atoms with van der Waals surface area (Å²) >= 11 is 0. The second-order valence-electron chi connectivity index (χ2n) is 13.9. The lowest BCUT2D eigenvalue weighted by molar-refractivity contribution is 0.654. The van der Waals surface area contributed by atoms with Crippen LogP contribution in [0, 0.1) is 0 Å². The number of allylic oxidation sites excluding steroid dienone is 6. The molecule has 2 aliphatic carbocycles. The Hall–Kier alpha value is -6.58. The number of benzene rings is 5. The summed E-state index contributed by atoms with van der Waals surface area (Å²) in [6.45, 7) is 16.7. The van der Waals surface area contributed by atoms with Gasteiger partial charge in [-0.15, -0.1) is 0 Å². The van der Waals surface area contributed by atoms with E-state index in [1.807, 2.05) is 115 Å². The van der Waals surface area contributed by atoms with Crippen LogP contribution >= 0.6 is 0 Å². The Morgan fingerprint density at radius 2 is 0.932 bits per heavy atom. The minimum Gasteiger partial charge on any atom is -0.355 e. The highest BCUT2D eigenvalue weighted by Gasteiger charge is 2.36. The highest BCUT2D eigenvalue weighted by atomic mass is 14.7. The SMILES string of the molecule is CC.CC.CC.CC1(C)C2=C(C=CCC=C2)c2ccc(-c3cc(-c4cccnc4)cc(-c4cccnc4)c3)cc21.c1ccc2c(c1)[nH]c1ccccc12.c1ccccc1. The molecule has 8 aromatic rings. The zero-order chi connectivity index (χ0) is 42.0. The van der Waals surface area contributed by atoms with Crippen LogP contribution in [0.25, 0.3) is 60.8 Å². The van der Waals surface area contributed by atoms with Crippen LogP contribution < -0.4 is 0 Å². The smallest absolute Gasteiger partial charge is 0.0464 e. The van der Waals surface area contributed by atoms with Crippen molar-refractivity contribution in [3.05, 3.63) is 211 Å². The predicted octanol–water partition coefficient (Wildman–Crippen LogP) is 16.1. The molecule has 3 heteroatoms. The van der Waals surface area contributed by atoms with Crippen LogP contribution in [0.1, 0.15) is 72.9 Å². The third-order valence-corrected chi connectivity index (χ3v) is 10.1. The maximum absolute atomic E-state index is 4.35. The van der Waals surface area contributed by atoms with Crippen molar-refractivity contribution in [1.29, 1.82) is 0 Å². The quantitative estimate of drug-likeness (QED) is 0.194. The third-order valence-electron chi connectivity index (χ3n) is 10.1. The molecule has 0 radical (unpaired) electrons. The van der Waals surface area contributed by atoms with Crippen LogP contribution in [0.4, 0.5) is 0 Å². The molecule has 59 heavy (non-hydrogen) atoms. The number of nitrogens with one attached hydrogen (secondary N) is 1. The summed E-state index contributed by atoms with van der Waals surface area (Å²) in [5, 5.41) is 2.61. The molecule has 0 bridgehead atoms. The van der Waals surface area contributed by atoms with Crippen LogP contribution in [0.3, 0.4) is 0 Å². The number of hydrogen-bond acceptors (Lipinski definition) is 2. The average molecular weight is 774 g/mol. The molecule has 1 N–H and O–H groups in total. The number of aromatic amines is 1. The average Bonchev–Trinajstić information content (AvgIpc) is 3.66. The van der Waals surface area contributed by atoms with Crippen molar-refractivity contribution in [1.82, 2.24) is 15.0 Å². The summed E-state index contributed by atoms with van der Waals surface area (Å²) in [6.07, 6.45) is 17.6. The maximum atomic E-state index is 4.35. The van der Waals surface area contributed by atoms with Gasteiger partial charge in [0.25, 0.3) is 0 Å². The topological polar surface area (TPSA) is 41.6 Å². The van der Waals surface area contributed by atoms with Crippen molar-refractivity contribution in [3.63, 3.8) is 0 Å². The van der Waals surface area contributed by atoms with Gasteiger partial charge in [0.15, 0.2) is 0 Å². The van der Waals surface area contributed by atoms with Gasteiger partial charge in [-0.2, -0.15) is 0 Å². The minimum absolute atomic E-state index is 0.0288. The second-order valence-corrected chi connectivity index (χ2v) is 13.9. The maximum Gasteiger partial charge on any atom is 0.0464 e. The van der Waals surface area contributed by atoms with Gasteiger partial charge in [0.05, 0.1) is 0 Å². The highest BCUT2D eigenvalue weighted by molar-refractivity contribution is 6.07. The van der Waals surface area contributed by atoms with E-state index in [1.165, 1.54) is 55.2 Å². The molecular weight excluding hydrogens is 715 g/mol. The Kier molecular flexibility index (Phi) is 16.1. The molecule has 0 saturated carbocycles. The van der Waals surface area contributed by atoms with E-state index in [4.69, 9.17) is 0 Å². The van der Waals surface area contributed by atoms with Gasteiger partial charge in [-0.1, -0.05) is 177 Å². The monoisotopic (exact) mass is 773 g/mol. The van der Waals surface area contributed by atoms with E-state index in [1.54, 1.807) is 0 Å². The number of fused-ring (bicyclic) bond motifs is 5. The Bertz CT molecular complexity index is 2460. The van der Waals surface area contributed by atoms with Crippen molar-refractivity contribution in [2.75, 3.05) is 0 Å². The molecule has 3 aromatic heterocycles. The summed E-state index contributed by atoms with van der Waals surface area (Å²) in [4.78, 5) is 12.1. The normalized spacial score (nSPS) is 12.6. The molecule has 0 saturated heterocycles. The van der Waals surface area contributed by atoms with Gasteiger partial charge >= 0.3 is 0 Å². The van der Waals surface area contributed by atoms with E-state index in [0.29, 0.717) is 0 Å². The lowest BCUT2D eigenvalue weighted by Crippen LogP contribution is -2.16. The molecular formula is C56H59N3. The third kappa shape index (κ3) is 10.3. The van der Waals surface area contributed by atoms with E-state index in [9.17, 15) is 0 Å². The number of H-pyrrole nitrogens is 1. The summed E-state index contributed by atoms with van der Waals surface area (Å²) in [6, 6.07) is 50.7.